The lowest BCUT2D eigenvalue weighted by atomic mass is 9.96. The summed E-state index contributed by atoms with van der Waals surface area (Å²) in [7, 11) is 1.50. The van der Waals surface area contributed by atoms with Gasteiger partial charge < -0.3 is 4.74 Å². The molecule has 0 aromatic rings. The summed E-state index contributed by atoms with van der Waals surface area (Å²) in [6.45, 7) is 0. The second kappa shape index (κ2) is 4.52. The number of carbonyl (C=O) groups is 1. The lowest BCUT2D eigenvalue weighted by Crippen LogP contribution is -2.54. The Labute approximate surface area is 91.6 Å². The second-order valence-corrected chi connectivity index (χ2v) is 4.91. The van der Waals surface area contributed by atoms with Crippen LogP contribution >= 0.6 is 0 Å². The first-order chi connectivity index (χ1) is 7.27. The van der Waals surface area contributed by atoms with Gasteiger partial charge in [0.05, 0.1) is 7.11 Å². The summed E-state index contributed by atoms with van der Waals surface area (Å²) in [5.41, 5.74) is -0.343. The molecule has 86 valence electrons. The van der Waals surface area contributed by atoms with Gasteiger partial charge in [0, 0.05) is 6.04 Å². The first kappa shape index (κ1) is 10.9. The van der Waals surface area contributed by atoms with Crippen LogP contribution in [0.1, 0.15) is 51.4 Å². The molecule has 0 aromatic heterocycles. The van der Waals surface area contributed by atoms with Gasteiger partial charge in [0.25, 0.3) is 0 Å². The molecule has 2 saturated carbocycles. The summed E-state index contributed by atoms with van der Waals surface area (Å²) < 4.78 is 4.95. The molecule has 0 aromatic carbocycles. The number of hydrogen-bond acceptors (Lipinski definition) is 3. The fraction of sp³-hybridized carbons (Fsp3) is 0.917. The molecule has 2 aliphatic carbocycles. The van der Waals surface area contributed by atoms with E-state index in [4.69, 9.17) is 4.74 Å². The van der Waals surface area contributed by atoms with Crippen molar-refractivity contribution in [2.45, 2.75) is 62.9 Å². The fourth-order valence-electron chi connectivity index (χ4n) is 3.04. The molecule has 2 aliphatic rings. The lowest BCUT2D eigenvalue weighted by molar-refractivity contribution is -0.148. The molecule has 0 amide bonds. The maximum absolute atomic E-state index is 11.8. The van der Waals surface area contributed by atoms with E-state index in [0.29, 0.717) is 6.04 Å². The van der Waals surface area contributed by atoms with E-state index in [9.17, 15) is 4.79 Å². The van der Waals surface area contributed by atoms with E-state index in [1.54, 1.807) is 0 Å². The summed E-state index contributed by atoms with van der Waals surface area (Å²) in [4.78, 5) is 11.8. The molecule has 2 fully saturated rings. The first-order valence-corrected chi connectivity index (χ1v) is 6.13. The summed E-state index contributed by atoms with van der Waals surface area (Å²) in [6, 6.07) is 0.544. The van der Waals surface area contributed by atoms with E-state index < -0.39 is 0 Å². The Balaban J connectivity index is 2.01. The number of rotatable bonds is 3. The minimum absolute atomic E-state index is 0.0492. The Hall–Kier alpha value is -0.570. The molecule has 15 heavy (non-hydrogen) atoms. The zero-order chi connectivity index (χ0) is 10.7. The van der Waals surface area contributed by atoms with Crippen molar-refractivity contribution in [3.8, 4) is 0 Å². The minimum Gasteiger partial charge on any atom is -0.468 e. The van der Waals surface area contributed by atoms with Crippen molar-refractivity contribution in [2.24, 2.45) is 0 Å². The van der Waals surface area contributed by atoms with Crippen LogP contribution in [-0.2, 0) is 9.53 Å². The third kappa shape index (κ3) is 2.17. The van der Waals surface area contributed by atoms with Crippen LogP contribution in [0.4, 0.5) is 0 Å². The van der Waals surface area contributed by atoms with Crippen molar-refractivity contribution in [1.29, 1.82) is 0 Å². The van der Waals surface area contributed by atoms with E-state index in [1.807, 2.05) is 0 Å². The zero-order valence-corrected chi connectivity index (χ0v) is 9.55. The van der Waals surface area contributed by atoms with Gasteiger partial charge in [0.2, 0.25) is 0 Å². The van der Waals surface area contributed by atoms with E-state index >= 15 is 0 Å². The molecule has 0 atom stereocenters. The summed E-state index contributed by atoms with van der Waals surface area (Å²) in [6.07, 6.45) is 9.25. The maximum atomic E-state index is 11.8. The molecular formula is C12H21NO2. The molecule has 3 heteroatoms. The maximum Gasteiger partial charge on any atom is 0.326 e. The van der Waals surface area contributed by atoms with Crippen LogP contribution in [0.5, 0.6) is 0 Å². The molecule has 0 bridgehead atoms. The third-order valence-electron chi connectivity index (χ3n) is 3.87. The van der Waals surface area contributed by atoms with E-state index in [2.05, 4.69) is 5.32 Å². The van der Waals surface area contributed by atoms with Crippen LogP contribution in [0.3, 0.4) is 0 Å². The van der Waals surface area contributed by atoms with Crippen molar-refractivity contribution in [3.63, 3.8) is 0 Å². The number of ether oxygens (including phenoxy) is 1. The Morgan fingerprint density at radius 2 is 1.80 bits per heavy atom. The van der Waals surface area contributed by atoms with Crippen molar-refractivity contribution in [3.05, 3.63) is 0 Å². The highest BCUT2D eigenvalue weighted by atomic mass is 16.5. The van der Waals surface area contributed by atoms with Gasteiger partial charge in [0.1, 0.15) is 5.54 Å². The highest BCUT2D eigenvalue weighted by molar-refractivity contribution is 5.81. The smallest absolute Gasteiger partial charge is 0.326 e. The number of carbonyl (C=O) groups excluding carboxylic acids is 1. The van der Waals surface area contributed by atoms with Crippen molar-refractivity contribution in [2.75, 3.05) is 7.11 Å². The SMILES string of the molecule is COC(=O)C1(NC2CCCC2)CCCC1. The Kier molecular flexibility index (Phi) is 3.29. The molecule has 0 saturated heterocycles. The van der Waals surface area contributed by atoms with Gasteiger partial charge in [-0.2, -0.15) is 0 Å². The standard InChI is InChI=1S/C12H21NO2/c1-15-11(14)12(8-4-5-9-12)13-10-6-2-3-7-10/h10,13H,2-9H2,1H3. The molecule has 1 N–H and O–H groups in total. The molecular weight excluding hydrogens is 190 g/mol. The molecule has 2 rings (SSSR count). The van der Waals surface area contributed by atoms with Crippen LogP contribution in [0, 0.1) is 0 Å². The molecule has 0 radical (unpaired) electrons. The summed E-state index contributed by atoms with van der Waals surface area (Å²) in [5.74, 6) is -0.0492. The lowest BCUT2D eigenvalue weighted by Gasteiger charge is -2.30. The summed E-state index contributed by atoms with van der Waals surface area (Å²) >= 11 is 0. The van der Waals surface area contributed by atoms with Crippen molar-refractivity contribution < 1.29 is 9.53 Å². The second-order valence-electron chi connectivity index (χ2n) is 4.91. The number of esters is 1. The van der Waals surface area contributed by atoms with Crippen LogP contribution in [-0.4, -0.2) is 24.7 Å². The minimum atomic E-state index is -0.343. The topological polar surface area (TPSA) is 38.3 Å². The predicted octanol–water partition coefficient (Wildman–Crippen LogP) is 2.00. The van der Waals surface area contributed by atoms with E-state index in [0.717, 1.165) is 25.7 Å². The summed E-state index contributed by atoms with van der Waals surface area (Å²) in [5, 5.41) is 3.57. The first-order valence-electron chi connectivity index (χ1n) is 6.13. The van der Waals surface area contributed by atoms with Crippen molar-refractivity contribution >= 4 is 5.97 Å². The highest BCUT2D eigenvalue weighted by Gasteiger charge is 2.43. The van der Waals surface area contributed by atoms with Gasteiger partial charge in [-0.15, -0.1) is 0 Å². The van der Waals surface area contributed by atoms with Gasteiger partial charge in [-0.05, 0) is 25.7 Å². The molecule has 0 spiro atoms. The number of nitrogens with one attached hydrogen (secondary N) is 1. The molecule has 0 heterocycles. The largest absolute Gasteiger partial charge is 0.468 e. The Bertz CT molecular complexity index is 228. The average Bonchev–Trinajstić information content (AvgIpc) is 2.89. The third-order valence-corrected chi connectivity index (χ3v) is 3.87. The van der Waals surface area contributed by atoms with Crippen LogP contribution < -0.4 is 5.32 Å². The number of methoxy groups -OCH3 is 1. The average molecular weight is 211 g/mol. The van der Waals surface area contributed by atoms with Gasteiger partial charge >= 0.3 is 5.97 Å². The Morgan fingerprint density at radius 1 is 1.20 bits per heavy atom. The van der Waals surface area contributed by atoms with E-state index in [1.165, 1.54) is 32.8 Å². The van der Waals surface area contributed by atoms with Gasteiger partial charge in [0.15, 0.2) is 0 Å². The molecule has 3 nitrogen and oxygen atoms in total. The monoisotopic (exact) mass is 211 g/mol. The van der Waals surface area contributed by atoms with Crippen LogP contribution in [0.15, 0.2) is 0 Å². The van der Waals surface area contributed by atoms with E-state index in [-0.39, 0.29) is 11.5 Å². The quantitative estimate of drug-likeness (QED) is 0.726. The zero-order valence-electron chi connectivity index (χ0n) is 9.55. The molecule has 0 unspecified atom stereocenters. The van der Waals surface area contributed by atoms with Gasteiger partial charge in [-0.1, -0.05) is 25.7 Å². The van der Waals surface area contributed by atoms with Crippen molar-refractivity contribution in [1.82, 2.24) is 5.32 Å². The molecule has 0 aliphatic heterocycles. The fourth-order valence-corrected chi connectivity index (χ4v) is 3.04. The van der Waals surface area contributed by atoms with Gasteiger partial charge in [-0.3, -0.25) is 10.1 Å². The van der Waals surface area contributed by atoms with Crippen LogP contribution in [0.25, 0.3) is 0 Å². The van der Waals surface area contributed by atoms with Crippen LogP contribution in [0.2, 0.25) is 0 Å². The predicted molar refractivity (Wildman–Crippen MR) is 58.6 cm³/mol. The normalized spacial score (nSPS) is 25.7. The Morgan fingerprint density at radius 3 is 2.33 bits per heavy atom. The van der Waals surface area contributed by atoms with Gasteiger partial charge in [-0.25, -0.2) is 0 Å². The highest BCUT2D eigenvalue weighted by Crippen LogP contribution is 2.33. The number of hydrogen-bond donors (Lipinski definition) is 1.